The molecule has 0 saturated heterocycles. The number of allylic oxidation sites excluding steroid dienone is 2. The molecule has 0 heterocycles. The fraction of sp³-hybridized carbons (Fsp3) is 0.250. The van der Waals surface area contributed by atoms with Crippen molar-refractivity contribution in [1.29, 1.82) is 0 Å². The standard InChI is InChI=1S/C20H21NO2/c22-20(23-15-16-7-3-1-4-8-16)21-19-13-11-18(12-14-19)17-9-5-2-6-10-17/h1,3-4,7-9,11-14H,2,5-6,10,15H2,(H,21,22). The number of carbonyl (C=O) groups excluding carboxylic acids is 1. The summed E-state index contributed by atoms with van der Waals surface area (Å²) in [5.74, 6) is 0. The van der Waals surface area contributed by atoms with E-state index in [0.717, 1.165) is 17.7 Å². The Labute approximate surface area is 137 Å². The van der Waals surface area contributed by atoms with E-state index in [9.17, 15) is 4.79 Å². The van der Waals surface area contributed by atoms with Crippen LogP contribution in [-0.2, 0) is 11.3 Å². The van der Waals surface area contributed by atoms with Crippen LogP contribution in [0.5, 0.6) is 0 Å². The van der Waals surface area contributed by atoms with Crippen molar-refractivity contribution < 1.29 is 9.53 Å². The van der Waals surface area contributed by atoms with Gasteiger partial charge >= 0.3 is 6.09 Å². The highest BCUT2D eigenvalue weighted by molar-refractivity contribution is 5.85. The molecular formula is C20H21NO2. The molecule has 1 aliphatic carbocycles. The maximum atomic E-state index is 11.8. The monoisotopic (exact) mass is 307 g/mol. The van der Waals surface area contributed by atoms with Gasteiger partial charge in [0.1, 0.15) is 6.61 Å². The second-order valence-electron chi connectivity index (χ2n) is 5.74. The lowest BCUT2D eigenvalue weighted by molar-refractivity contribution is 0.155. The van der Waals surface area contributed by atoms with Gasteiger partial charge in [-0.3, -0.25) is 5.32 Å². The van der Waals surface area contributed by atoms with E-state index in [1.54, 1.807) is 0 Å². The van der Waals surface area contributed by atoms with Crippen LogP contribution in [0.1, 0.15) is 36.8 Å². The topological polar surface area (TPSA) is 38.3 Å². The minimum absolute atomic E-state index is 0.275. The van der Waals surface area contributed by atoms with Crippen LogP contribution in [0.4, 0.5) is 10.5 Å². The van der Waals surface area contributed by atoms with Crippen molar-refractivity contribution in [3.63, 3.8) is 0 Å². The molecule has 0 unspecified atom stereocenters. The van der Waals surface area contributed by atoms with E-state index in [2.05, 4.69) is 23.5 Å². The molecule has 0 saturated carbocycles. The predicted molar refractivity (Wildman–Crippen MR) is 93.1 cm³/mol. The molecular weight excluding hydrogens is 286 g/mol. The SMILES string of the molecule is O=C(Nc1ccc(C2=CCCCC2)cc1)OCc1ccccc1. The van der Waals surface area contributed by atoms with Crippen LogP contribution in [0, 0.1) is 0 Å². The molecule has 0 aliphatic heterocycles. The van der Waals surface area contributed by atoms with Gasteiger partial charge in [-0.25, -0.2) is 4.79 Å². The molecule has 23 heavy (non-hydrogen) atoms. The number of hydrogen-bond donors (Lipinski definition) is 1. The number of rotatable bonds is 4. The van der Waals surface area contributed by atoms with E-state index >= 15 is 0 Å². The quantitative estimate of drug-likeness (QED) is 0.822. The Morgan fingerprint density at radius 1 is 1.00 bits per heavy atom. The molecule has 2 aromatic rings. The first kappa shape index (κ1) is 15.3. The number of nitrogens with one attached hydrogen (secondary N) is 1. The largest absolute Gasteiger partial charge is 0.444 e. The third-order valence-electron chi connectivity index (χ3n) is 4.01. The molecule has 1 aliphatic rings. The van der Waals surface area contributed by atoms with Crippen LogP contribution >= 0.6 is 0 Å². The zero-order valence-corrected chi connectivity index (χ0v) is 13.1. The minimum Gasteiger partial charge on any atom is -0.444 e. The summed E-state index contributed by atoms with van der Waals surface area (Å²) in [5, 5.41) is 2.76. The van der Waals surface area contributed by atoms with Gasteiger partial charge < -0.3 is 4.74 Å². The van der Waals surface area contributed by atoms with E-state index in [1.807, 2.05) is 42.5 Å². The summed E-state index contributed by atoms with van der Waals surface area (Å²) in [6, 6.07) is 17.6. The zero-order valence-electron chi connectivity index (χ0n) is 13.1. The summed E-state index contributed by atoms with van der Waals surface area (Å²) < 4.78 is 5.22. The van der Waals surface area contributed by atoms with Crippen LogP contribution in [0.3, 0.4) is 0 Å². The highest BCUT2D eigenvalue weighted by Gasteiger charge is 2.07. The molecule has 2 aromatic carbocycles. The van der Waals surface area contributed by atoms with Gasteiger partial charge in [-0.2, -0.15) is 0 Å². The fourth-order valence-corrected chi connectivity index (χ4v) is 2.75. The van der Waals surface area contributed by atoms with E-state index in [4.69, 9.17) is 4.74 Å². The predicted octanol–water partition coefficient (Wildman–Crippen LogP) is 5.39. The lowest BCUT2D eigenvalue weighted by Crippen LogP contribution is -2.13. The molecule has 0 atom stereocenters. The normalized spacial score (nSPS) is 14.0. The van der Waals surface area contributed by atoms with Crippen molar-refractivity contribution >= 4 is 17.4 Å². The van der Waals surface area contributed by atoms with Crippen LogP contribution in [0.2, 0.25) is 0 Å². The lowest BCUT2D eigenvalue weighted by Gasteiger charge is -2.13. The molecule has 3 nitrogen and oxygen atoms in total. The first-order valence-corrected chi connectivity index (χ1v) is 8.08. The Bertz CT molecular complexity index is 675. The molecule has 0 radical (unpaired) electrons. The van der Waals surface area contributed by atoms with E-state index in [0.29, 0.717) is 0 Å². The Morgan fingerprint density at radius 2 is 1.78 bits per heavy atom. The lowest BCUT2D eigenvalue weighted by atomic mass is 9.94. The third-order valence-corrected chi connectivity index (χ3v) is 4.01. The van der Waals surface area contributed by atoms with Gasteiger partial charge in [-0.1, -0.05) is 48.5 Å². The van der Waals surface area contributed by atoms with Gasteiger partial charge in [0.2, 0.25) is 0 Å². The molecule has 0 aromatic heterocycles. The Balaban J connectivity index is 1.53. The number of anilines is 1. The zero-order chi connectivity index (χ0) is 15.9. The van der Waals surface area contributed by atoms with E-state index in [-0.39, 0.29) is 6.61 Å². The third kappa shape index (κ3) is 4.46. The second-order valence-corrected chi connectivity index (χ2v) is 5.74. The van der Waals surface area contributed by atoms with Crippen LogP contribution in [0.15, 0.2) is 60.7 Å². The first-order chi connectivity index (χ1) is 11.3. The van der Waals surface area contributed by atoms with Gasteiger partial charge in [0.05, 0.1) is 0 Å². The van der Waals surface area contributed by atoms with E-state index in [1.165, 1.54) is 30.4 Å². The van der Waals surface area contributed by atoms with E-state index < -0.39 is 6.09 Å². The van der Waals surface area contributed by atoms with Crippen molar-refractivity contribution in [2.75, 3.05) is 5.32 Å². The number of ether oxygens (including phenoxy) is 1. The van der Waals surface area contributed by atoms with Crippen LogP contribution < -0.4 is 5.32 Å². The van der Waals surface area contributed by atoms with Crippen LogP contribution in [-0.4, -0.2) is 6.09 Å². The maximum absolute atomic E-state index is 11.8. The molecule has 0 spiro atoms. The molecule has 0 fully saturated rings. The highest BCUT2D eigenvalue weighted by atomic mass is 16.5. The van der Waals surface area contributed by atoms with Gasteiger partial charge in [0, 0.05) is 5.69 Å². The summed E-state index contributed by atoms with van der Waals surface area (Å²) in [4.78, 5) is 11.8. The summed E-state index contributed by atoms with van der Waals surface area (Å²) in [6.45, 7) is 0.275. The Morgan fingerprint density at radius 3 is 2.48 bits per heavy atom. The van der Waals surface area contributed by atoms with Crippen molar-refractivity contribution in [2.24, 2.45) is 0 Å². The number of carbonyl (C=O) groups is 1. The average molecular weight is 307 g/mol. The Kier molecular flexibility index (Phi) is 5.09. The van der Waals surface area contributed by atoms with Crippen molar-refractivity contribution in [2.45, 2.75) is 32.3 Å². The van der Waals surface area contributed by atoms with Gasteiger partial charge in [0.25, 0.3) is 0 Å². The summed E-state index contributed by atoms with van der Waals surface area (Å²) in [7, 11) is 0. The number of amides is 1. The fourth-order valence-electron chi connectivity index (χ4n) is 2.75. The van der Waals surface area contributed by atoms with Gasteiger partial charge in [0.15, 0.2) is 0 Å². The molecule has 1 N–H and O–H groups in total. The van der Waals surface area contributed by atoms with Crippen LogP contribution in [0.25, 0.3) is 5.57 Å². The number of benzene rings is 2. The summed E-state index contributed by atoms with van der Waals surface area (Å²) >= 11 is 0. The Hall–Kier alpha value is -2.55. The summed E-state index contributed by atoms with van der Waals surface area (Å²) in [6.07, 6.45) is 6.75. The molecule has 3 rings (SSSR count). The highest BCUT2D eigenvalue weighted by Crippen LogP contribution is 2.27. The van der Waals surface area contributed by atoms with Crippen molar-refractivity contribution in [3.05, 3.63) is 71.8 Å². The summed E-state index contributed by atoms with van der Waals surface area (Å²) in [5.41, 5.74) is 4.38. The maximum Gasteiger partial charge on any atom is 0.411 e. The number of hydrogen-bond acceptors (Lipinski definition) is 2. The molecule has 118 valence electrons. The molecule has 0 bridgehead atoms. The van der Waals surface area contributed by atoms with Gasteiger partial charge in [-0.05, 0) is 54.5 Å². The molecule has 3 heteroatoms. The minimum atomic E-state index is -0.432. The molecule has 1 amide bonds. The van der Waals surface area contributed by atoms with Gasteiger partial charge in [-0.15, -0.1) is 0 Å². The smallest absolute Gasteiger partial charge is 0.411 e. The van der Waals surface area contributed by atoms with Crippen molar-refractivity contribution in [1.82, 2.24) is 0 Å². The first-order valence-electron chi connectivity index (χ1n) is 8.08. The average Bonchev–Trinajstić information content (AvgIpc) is 2.62. The van der Waals surface area contributed by atoms with Crippen molar-refractivity contribution in [3.8, 4) is 0 Å². The second kappa shape index (κ2) is 7.63.